The fourth-order valence-electron chi connectivity index (χ4n) is 1.84. The van der Waals surface area contributed by atoms with E-state index >= 15 is 0 Å². The number of aryl methyl sites for hydroxylation is 1. The Balaban J connectivity index is 2.32. The first-order valence-corrected chi connectivity index (χ1v) is 8.82. The smallest absolute Gasteiger partial charge is 0.211 e. The molecule has 1 aromatic rings. The molecule has 0 aromatic heterocycles. The molecule has 0 fully saturated rings. The van der Waals surface area contributed by atoms with Gasteiger partial charge in [-0.15, -0.1) is 11.6 Å². The van der Waals surface area contributed by atoms with Gasteiger partial charge in [0.2, 0.25) is 10.0 Å². The number of unbranched alkanes of at least 4 members (excludes halogenated alkanes) is 1. The molecule has 0 amide bonds. The topological polar surface area (TPSA) is 46.2 Å². The van der Waals surface area contributed by atoms with E-state index in [0.29, 0.717) is 12.3 Å². The number of hydrogen-bond donors (Lipinski definition) is 1. The Morgan fingerprint density at radius 3 is 2.53 bits per heavy atom. The monoisotopic (exact) mass is 303 g/mol. The summed E-state index contributed by atoms with van der Waals surface area (Å²) < 4.78 is 26.3. The van der Waals surface area contributed by atoms with Gasteiger partial charge in [-0.3, -0.25) is 0 Å². The summed E-state index contributed by atoms with van der Waals surface area (Å²) in [6.07, 6.45) is 3.04. The van der Waals surface area contributed by atoms with Gasteiger partial charge >= 0.3 is 0 Å². The molecule has 1 rings (SSSR count). The van der Waals surface area contributed by atoms with E-state index in [9.17, 15) is 8.42 Å². The normalized spacial score (nSPS) is 13.4. The SMILES string of the molecule is CC(CCc1ccccc1)NS(=O)(=O)CCCCCl. The van der Waals surface area contributed by atoms with Crippen LogP contribution in [0.15, 0.2) is 30.3 Å². The lowest BCUT2D eigenvalue weighted by Gasteiger charge is -2.14. The Hall–Kier alpha value is -0.580. The fourth-order valence-corrected chi connectivity index (χ4v) is 3.46. The third kappa shape index (κ3) is 7.55. The molecule has 108 valence electrons. The molecule has 5 heteroatoms. The van der Waals surface area contributed by atoms with E-state index in [4.69, 9.17) is 11.6 Å². The quantitative estimate of drug-likeness (QED) is 0.563. The minimum absolute atomic E-state index is 0.0405. The third-order valence-electron chi connectivity index (χ3n) is 2.89. The fraction of sp³-hybridized carbons (Fsp3) is 0.571. The molecule has 0 aliphatic rings. The zero-order valence-corrected chi connectivity index (χ0v) is 12.9. The largest absolute Gasteiger partial charge is 0.212 e. The maximum atomic E-state index is 11.8. The summed E-state index contributed by atoms with van der Waals surface area (Å²) in [5.41, 5.74) is 1.23. The van der Waals surface area contributed by atoms with Crippen LogP contribution in [-0.2, 0) is 16.4 Å². The summed E-state index contributed by atoms with van der Waals surface area (Å²) >= 11 is 5.54. The van der Waals surface area contributed by atoms with Crippen LogP contribution in [-0.4, -0.2) is 26.1 Å². The lowest BCUT2D eigenvalue weighted by Crippen LogP contribution is -2.34. The number of benzene rings is 1. The predicted octanol–water partition coefficient (Wildman–Crippen LogP) is 2.95. The van der Waals surface area contributed by atoms with Gasteiger partial charge in [-0.25, -0.2) is 13.1 Å². The van der Waals surface area contributed by atoms with Crippen molar-refractivity contribution < 1.29 is 8.42 Å². The molecule has 0 saturated heterocycles. The number of halogens is 1. The van der Waals surface area contributed by atoms with E-state index in [0.717, 1.165) is 19.3 Å². The van der Waals surface area contributed by atoms with Crippen LogP contribution in [0.1, 0.15) is 31.7 Å². The average molecular weight is 304 g/mol. The predicted molar refractivity (Wildman–Crippen MR) is 81.1 cm³/mol. The van der Waals surface area contributed by atoms with Crippen LogP contribution in [0.4, 0.5) is 0 Å². The van der Waals surface area contributed by atoms with Crippen LogP contribution in [0, 0.1) is 0 Å². The van der Waals surface area contributed by atoms with Gasteiger partial charge in [-0.05, 0) is 38.2 Å². The van der Waals surface area contributed by atoms with Crippen LogP contribution in [0.25, 0.3) is 0 Å². The second-order valence-electron chi connectivity index (χ2n) is 4.76. The number of sulfonamides is 1. The molecule has 1 unspecified atom stereocenters. The Kier molecular flexibility index (Phi) is 7.42. The van der Waals surface area contributed by atoms with Crippen LogP contribution in [0.2, 0.25) is 0 Å². The summed E-state index contributed by atoms with van der Waals surface area (Å²) in [7, 11) is -3.17. The van der Waals surface area contributed by atoms with E-state index < -0.39 is 10.0 Å². The number of alkyl halides is 1. The van der Waals surface area contributed by atoms with Crippen molar-refractivity contribution in [2.45, 2.75) is 38.6 Å². The van der Waals surface area contributed by atoms with Crippen molar-refractivity contribution in [3.8, 4) is 0 Å². The lowest BCUT2D eigenvalue weighted by atomic mass is 10.1. The van der Waals surface area contributed by atoms with E-state index in [-0.39, 0.29) is 11.8 Å². The average Bonchev–Trinajstić information content (AvgIpc) is 2.37. The van der Waals surface area contributed by atoms with Gasteiger partial charge in [0.25, 0.3) is 0 Å². The molecule has 0 saturated carbocycles. The van der Waals surface area contributed by atoms with E-state index in [1.165, 1.54) is 5.56 Å². The van der Waals surface area contributed by atoms with Gasteiger partial charge < -0.3 is 0 Å². The summed E-state index contributed by atoms with van der Waals surface area (Å²) in [6, 6.07) is 10.0. The van der Waals surface area contributed by atoms with Gasteiger partial charge in [-0.1, -0.05) is 30.3 Å². The molecule has 0 spiro atoms. The minimum Gasteiger partial charge on any atom is -0.212 e. The van der Waals surface area contributed by atoms with Crippen LogP contribution in [0.5, 0.6) is 0 Å². The van der Waals surface area contributed by atoms with Crippen molar-refractivity contribution >= 4 is 21.6 Å². The molecule has 0 radical (unpaired) electrons. The minimum atomic E-state index is -3.17. The molecule has 0 aliphatic carbocycles. The highest BCUT2D eigenvalue weighted by Crippen LogP contribution is 2.06. The summed E-state index contributed by atoms with van der Waals surface area (Å²) in [6.45, 7) is 1.90. The Morgan fingerprint density at radius 1 is 1.21 bits per heavy atom. The van der Waals surface area contributed by atoms with Crippen molar-refractivity contribution in [2.24, 2.45) is 0 Å². The van der Waals surface area contributed by atoms with Crippen LogP contribution in [0.3, 0.4) is 0 Å². The molecule has 1 N–H and O–H groups in total. The zero-order chi connectivity index (χ0) is 14.1. The molecular formula is C14H22ClNO2S. The van der Waals surface area contributed by atoms with E-state index in [2.05, 4.69) is 16.9 Å². The summed E-state index contributed by atoms with van der Waals surface area (Å²) in [5, 5.41) is 0. The first-order valence-electron chi connectivity index (χ1n) is 6.63. The summed E-state index contributed by atoms with van der Waals surface area (Å²) in [4.78, 5) is 0. The molecule has 19 heavy (non-hydrogen) atoms. The second kappa shape index (κ2) is 8.56. The Bertz CT molecular complexity index is 448. The first kappa shape index (κ1) is 16.5. The van der Waals surface area contributed by atoms with Gasteiger partial charge in [0, 0.05) is 11.9 Å². The van der Waals surface area contributed by atoms with Gasteiger partial charge in [0.1, 0.15) is 0 Å². The highest BCUT2D eigenvalue weighted by molar-refractivity contribution is 7.89. The van der Waals surface area contributed by atoms with Gasteiger partial charge in [-0.2, -0.15) is 0 Å². The van der Waals surface area contributed by atoms with Crippen LogP contribution >= 0.6 is 11.6 Å². The highest BCUT2D eigenvalue weighted by Gasteiger charge is 2.13. The zero-order valence-electron chi connectivity index (χ0n) is 11.3. The first-order chi connectivity index (χ1) is 9.03. The second-order valence-corrected chi connectivity index (χ2v) is 7.01. The Labute approximate surface area is 121 Å². The number of hydrogen-bond acceptors (Lipinski definition) is 2. The van der Waals surface area contributed by atoms with Crippen molar-refractivity contribution in [3.05, 3.63) is 35.9 Å². The maximum absolute atomic E-state index is 11.8. The molecular weight excluding hydrogens is 282 g/mol. The molecule has 3 nitrogen and oxygen atoms in total. The third-order valence-corrected chi connectivity index (χ3v) is 4.74. The maximum Gasteiger partial charge on any atom is 0.211 e. The molecule has 1 aromatic carbocycles. The molecule has 0 aliphatic heterocycles. The molecule has 0 bridgehead atoms. The van der Waals surface area contributed by atoms with Crippen LogP contribution < -0.4 is 4.72 Å². The van der Waals surface area contributed by atoms with Gasteiger partial charge in [0.05, 0.1) is 5.75 Å². The standard InChI is InChI=1S/C14H22ClNO2S/c1-13(9-10-14-7-3-2-4-8-14)16-19(17,18)12-6-5-11-15/h2-4,7-8,13,16H,5-6,9-12H2,1H3. The Morgan fingerprint density at radius 2 is 1.89 bits per heavy atom. The van der Waals surface area contributed by atoms with E-state index in [1.54, 1.807) is 0 Å². The van der Waals surface area contributed by atoms with Crippen molar-refractivity contribution in [2.75, 3.05) is 11.6 Å². The number of nitrogens with one attached hydrogen (secondary N) is 1. The van der Waals surface area contributed by atoms with Crippen molar-refractivity contribution in [1.82, 2.24) is 4.72 Å². The number of rotatable bonds is 9. The lowest BCUT2D eigenvalue weighted by molar-refractivity contribution is 0.544. The van der Waals surface area contributed by atoms with Gasteiger partial charge in [0.15, 0.2) is 0 Å². The summed E-state index contributed by atoms with van der Waals surface area (Å²) in [5.74, 6) is 0.675. The highest BCUT2D eigenvalue weighted by atomic mass is 35.5. The van der Waals surface area contributed by atoms with Crippen molar-refractivity contribution in [1.29, 1.82) is 0 Å². The van der Waals surface area contributed by atoms with Crippen molar-refractivity contribution in [3.63, 3.8) is 0 Å². The molecule has 0 heterocycles. The van der Waals surface area contributed by atoms with E-state index in [1.807, 2.05) is 25.1 Å². The molecule has 1 atom stereocenters.